The number of rotatable bonds is 3. The number of ether oxygens (including phenoxy) is 2. The largest absolute Gasteiger partial charge is 0.458 e. The van der Waals surface area contributed by atoms with Crippen LogP contribution in [-0.2, 0) is 0 Å². The van der Waals surface area contributed by atoms with Gasteiger partial charge in [0.15, 0.2) is 0 Å². The number of para-hydroxylation sites is 1. The summed E-state index contributed by atoms with van der Waals surface area (Å²) < 4.78 is 13.5. The summed E-state index contributed by atoms with van der Waals surface area (Å²) in [5, 5.41) is 0. The summed E-state index contributed by atoms with van der Waals surface area (Å²) in [5.41, 5.74) is 11.8. The van der Waals surface area contributed by atoms with E-state index in [-0.39, 0.29) is 6.71 Å². The fourth-order valence-corrected chi connectivity index (χ4v) is 6.43. The maximum atomic E-state index is 6.87. The third-order valence-electron chi connectivity index (χ3n) is 8.37. The smallest absolute Gasteiger partial charge is 0.260 e. The molecule has 3 heteroatoms. The lowest BCUT2D eigenvalue weighted by molar-refractivity contribution is 0.464. The molecule has 2 heterocycles. The summed E-state index contributed by atoms with van der Waals surface area (Å²) in [6.07, 6.45) is 8.96. The van der Waals surface area contributed by atoms with E-state index < -0.39 is 0 Å². The highest BCUT2D eigenvalue weighted by molar-refractivity contribution is 6.98. The van der Waals surface area contributed by atoms with Crippen molar-refractivity contribution in [2.75, 3.05) is 0 Å². The van der Waals surface area contributed by atoms with Crippen molar-refractivity contribution >= 4 is 28.7 Å². The van der Waals surface area contributed by atoms with Crippen LogP contribution in [-0.4, -0.2) is 6.71 Å². The lowest BCUT2D eigenvalue weighted by Crippen LogP contribution is -2.57. The van der Waals surface area contributed by atoms with E-state index in [9.17, 15) is 0 Å². The summed E-state index contributed by atoms with van der Waals surface area (Å²) >= 11 is 0. The fraction of sp³-hybridized carbons (Fsp3) is 0.0811. The molecule has 0 radical (unpaired) electrons. The van der Waals surface area contributed by atoms with Crippen molar-refractivity contribution in [1.82, 2.24) is 0 Å². The summed E-state index contributed by atoms with van der Waals surface area (Å²) in [7, 11) is 0. The van der Waals surface area contributed by atoms with Gasteiger partial charge in [-0.25, -0.2) is 0 Å². The van der Waals surface area contributed by atoms with Crippen molar-refractivity contribution in [2.24, 2.45) is 0 Å². The van der Waals surface area contributed by atoms with E-state index in [1.165, 1.54) is 33.2 Å². The van der Waals surface area contributed by atoms with Crippen LogP contribution in [0, 0.1) is 6.92 Å². The third-order valence-corrected chi connectivity index (χ3v) is 8.37. The van der Waals surface area contributed by atoms with Crippen LogP contribution >= 0.6 is 0 Å². The standard InChI is InChI=1S/C37H27BO2/c1-24-11-8-9-16-29(24)27-19-20-33-32(21-27)38-31-18-10-17-30(26-14-6-3-7-15-26)37(31)40-35-23-28(22-34(39-33)36(35)38)25-12-4-2-5-13-25/h2,4-6,8-23H,3,7H2,1H3. The topological polar surface area (TPSA) is 18.5 Å². The molecule has 0 fully saturated rings. The molecule has 0 saturated carbocycles. The Morgan fingerprint density at radius 2 is 1.40 bits per heavy atom. The van der Waals surface area contributed by atoms with Gasteiger partial charge in [0.2, 0.25) is 0 Å². The Hall–Kier alpha value is -4.76. The minimum atomic E-state index is 0.0133. The molecule has 0 bridgehead atoms. The number of hydrogen-bond acceptors (Lipinski definition) is 2. The molecule has 0 atom stereocenters. The summed E-state index contributed by atoms with van der Waals surface area (Å²) in [6, 6.07) is 36.6. The Bertz CT molecular complexity index is 1870. The minimum Gasteiger partial charge on any atom is -0.458 e. The van der Waals surface area contributed by atoms with Crippen LogP contribution in [0.4, 0.5) is 0 Å². The van der Waals surface area contributed by atoms with Gasteiger partial charge in [0.25, 0.3) is 6.71 Å². The van der Waals surface area contributed by atoms with Gasteiger partial charge in [-0.15, -0.1) is 0 Å². The van der Waals surface area contributed by atoms with Gasteiger partial charge in [0.05, 0.1) is 0 Å². The Kier molecular flexibility index (Phi) is 5.31. The molecule has 2 aliphatic heterocycles. The van der Waals surface area contributed by atoms with Crippen LogP contribution in [0.15, 0.2) is 121 Å². The van der Waals surface area contributed by atoms with Crippen LogP contribution in [0.2, 0.25) is 0 Å². The first kappa shape index (κ1) is 23.2. The average molecular weight is 514 g/mol. The van der Waals surface area contributed by atoms with Gasteiger partial charge in [-0.3, -0.25) is 0 Å². The number of benzene rings is 5. The highest BCUT2D eigenvalue weighted by Gasteiger charge is 2.41. The minimum absolute atomic E-state index is 0.0133. The SMILES string of the molecule is Cc1ccccc1-c1ccc2c(c1)B1c3cccc(C4=CCCC=C4)c3Oc3cc(-c4ccccc4)cc(c31)O2. The van der Waals surface area contributed by atoms with Gasteiger partial charge in [-0.1, -0.05) is 103 Å². The predicted octanol–water partition coefficient (Wildman–Crippen LogP) is 7.79. The molecule has 3 aliphatic rings. The summed E-state index contributed by atoms with van der Waals surface area (Å²) in [4.78, 5) is 0. The summed E-state index contributed by atoms with van der Waals surface area (Å²) in [6.45, 7) is 2.19. The lowest BCUT2D eigenvalue weighted by Gasteiger charge is -2.34. The van der Waals surface area contributed by atoms with Gasteiger partial charge < -0.3 is 9.47 Å². The first-order valence-corrected chi connectivity index (χ1v) is 14.0. The zero-order valence-corrected chi connectivity index (χ0v) is 22.4. The van der Waals surface area contributed by atoms with Gasteiger partial charge in [0.1, 0.15) is 23.0 Å². The molecule has 40 heavy (non-hydrogen) atoms. The average Bonchev–Trinajstić information content (AvgIpc) is 3.01. The quantitative estimate of drug-likeness (QED) is 0.224. The first-order valence-electron chi connectivity index (χ1n) is 14.0. The van der Waals surface area contributed by atoms with Crippen molar-refractivity contribution in [2.45, 2.75) is 19.8 Å². The van der Waals surface area contributed by atoms with Crippen LogP contribution < -0.4 is 25.9 Å². The van der Waals surface area contributed by atoms with E-state index in [0.717, 1.165) is 58.0 Å². The molecule has 0 unspecified atom stereocenters. The highest BCUT2D eigenvalue weighted by Crippen LogP contribution is 2.41. The zero-order valence-electron chi connectivity index (χ0n) is 22.4. The van der Waals surface area contributed by atoms with Crippen LogP contribution in [0.1, 0.15) is 24.0 Å². The molecule has 1 aliphatic carbocycles. The van der Waals surface area contributed by atoms with Crippen molar-refractivity contribution in [3.05, 3.63) is 132 Å². The second kappa shape index (κ2) is 9.17. The molecular weight excluding hydrogens is 487 g/mol. The Morgan fingerprint density at radius 3 is 2.23 bits per heavy atom. The molecule has 8 rings (SSSR count). The highest BCUT2D eigenvalue weighted by atomic mass is 16.5. The number of aryl methyl sites for hydroxylation is 1. The monoisotopic (exact) mass is 514 g/mol. The van der Waals surface area contributed by atoms with Crippen LogP contribution in [0.3, 0.4) is 0 Å². The summed E-state index contributed by atoms with van der Waals surface area (Å²) in [5.74, 6) is 3.59. The number of fused-ring (bicyclic) bond motifs is 4. The normalized spacial score (nSPS) is 14.3. The molecule has 0 spiro atoms. The predicted molar refractivity (Wildman–Crippen MR) is 166 cm³/mol. The lowest BCUT2D eigenvalue weighted by atomic mass is 9.34. The van der Waals surface area contributed by atoms with E-state index >= 15 is 0 Å². The van der Waals surface area contributed by atoms with Crippen molar-refractivity contribution < 1.29 is 9.47 Å². The molecule has 5 aromatic rings. The Balaban J connectivity index is 1.37. The maximum Gasteiger partial charge on any atom is 0.260 e. The van der Waals surface area contributed by atoms with Crippen LogP contribution in [0.25, 0.3) is 27.8 Å². The van der Waals surface area contributed by atoms with Crippen molar-refractivity contribution in [1.29, 1.82) is 0 Å². The fourth-order valence-electron chi connectivity index (χ4n) is 6.43. The molecule has 2 nitrogen and oxygen atoms in total. The molecule has 0 saturated heterocycles. The van der Waals surface area contributed by atoms with Gasteiger partial charge >= 0.3 is 0 Å². The zero-order chi connectivity index (χ0) is 26.6. The Morgan fingerprint density at radius 1 is 0.600 bits per heavy atom. The van der Waals surface area contributed by atoms with Gasteiger partial charge in [-0.2, -0.15) is 0 Å². The van der Waals surface area contributed by atoms with Gasteiger partial charge in [0, 0.05) is 11.0 Å². The molecule has 0 amide bonds. The van der Waals surface area contributed by atoms with E-state index in [1.54, 1.807) is 0 Å². The first-order chi connectivity index (χ1) is 19.7. The van der Waals surface area contributed by atoms with E-state index in [0.29, 0.717) is 0 Å². The number of hydrogen-bond donors (Lipinski definition) is 0. The maximum absolute atomic E-state index is 6.87. The molecular formula is C37H27BO2. The second-order valence-electron chi connectivity index (χ2n) is 10.8. The Labute approximate surface area is 235 Å². The van der Waals surface area contributed by atoms with Crippen LogP contribution in [0.5, 0.6) is 23.0 Å². The van der Waals surface area contributed by atoms with E-state index in [2.05, 4.69) is 122 Å². The third kappa shape index (κ3) is 3.66. The van der Waals surface area contributed by atoms with Gasteiger partial charge in [-0.05, 0) is 82.3 Å². The van der Waals surface area contributed by atoms with E-state index in [1.807, 2.05) is 6.07 Å². The van der Waals surface area contributed by atoms with Crippen molar-refractivity contribution in [3.63, 3.8) is 0 Å². The van der Waals surface area contributed by atoms with E-state index in [4.69, 9.17) is 9.47 Å². The van der Waals surface area contributed by atoms with Crippen molar-refractivity contribution in [3.8, 4) is 45.3 Å². The molecule has 190 valence electrons. The molecule has 0 N–H and O–H groups in total. The second-order valence-corrected chi connectivity index (χ2v) is 10.8. The molecule has 5 aromatic carbocycles. The number of allylic oxidation sites excluding steroid dienone is 4. The molecule has 0 aromatic heterocycles.